The highest BCUT2D eigenvalue weighted by Crippen LogP contribution is 2.20. The highest BCUT2D eigenvalue weighted by molar-refractivity contribution is 5.29. The lowest BCUT2D eigenvalue weighted by atomic mass is 10.2. The van der Waals surface area contributed by atoms with E-state index in [1.807, 2.05) is 43.3 Å². The van der Waals surface area contributed by atoms with Crippen molar-refractivity contribution in [3.8, 4) is 11.5 Å². The Morgan fingerprint density at radius 1 is 0.952 bits per heavy atom. The highest BCUT2D eigenvalue weighted by Gasteiger charge is 2.06. The van der Waals surface area contributed by atoms with E-state index in [1.165, 1.54) is 0 Å². The zero-order valence-corrected chi connectivity index (χ0v) is 12.3. The Morgan fingerprint density at radius 3 is 2.14 bits per heavy atom. The minimum atomic E-state index is -0.884. The fraction of sp³-hybridized carbons (Fsp3) is 0.294. The Balaban J connectivity index is 1.90. The molecule has 0 fully saturated rings. The van der Waals surface area contributed by atoms with Crippen LogP contribution in [0, 0.1) is 0 Å². The van der Waals surface area contributed by atoms with Crippen LogP contribution >= 0.6 is 0 Å². The predicted octanol–water partition coefficient (Wildman–Crippen LogP) is 3.30. The Bertz CT molecular complexity index is 534. The van der Waals surface area contributed by atoms with E-state index in [0.717, 1.165) is 17.1 Å². The van der Waals surface area contributed by atoms with E-state index >= 15 is 0 Å². The molecule has 0 heterocycles. The molecule has 0 amide bonds. The maximum absolute atomic E-state index is 9.69. The van der Waals surface area contributed by atoms with Crippen LogP contribution in [0.1, 0.15) is 24.3 Å². The second-order valence-corrected chi connectivity index (χ2v) is 4.51. The minimum absolute atomic E-state index is 0.469. The molecule has 1 N–H and O–H groups in total. The molecule has 4 nitrogen and oxygen atoms in total. The number of aliphatic hydroxyl groups excluding tert-OH is 1. The van der Waals surface area contributed by atoms with Crippen LogP contribution in [0.2, 0.25) is 0 Å². The summed E-state index contributed by atoms with van der Waals surface area (Å²) in [6.07, 6.45) is -0.884. The first-order chi connectivity index (χ1) is 10.2. The Kier molecular flexibility index (Phi) is 5.60. The van der Waals surface area contributed by atoms with Gasteiger partial charge in [-0.25, -0.2) is 0 Å². The van der Waals surface area contributed by atoms with Crippen molar-refractivity contribution in [1.29, 1.82) is 0 Å². The van der Waals surface area contributed by atoms with Crippen molar-refractivity contribution >= 4 is 0 Å². The van der Waals surface area contributed by atoms with Gasteiger partial charge in [-0.2, -0.15) is 0 Å². The third-order valence-corrected chi connectivity index (χ3v) is 3.05. The molecule has 0 saturated carbocycles. The van der Waals surface area contributed by atoms with Crippen molar-refractivity contribution in [2.45, 2.75) is 19.8 Å². The van der Waals surface area contributed by atoms with Crippen LogP contribution in [-0.4, -0.2) is 18.8 Å². The number of aliphatic hydroxyl groups is 1. The Morgan fingerprint density at radius 2 is 1.57 bits per heavy atom. The quantitative estimate of drug-likeness (QED) is 0.794. The van der Waals surface area contributed by atoms with Crippen molar-refractivity contribution in [1.82, 2.24) is 0 Å². The number of hydrogen-bond acceptors (Lipinski definition) is 4. The summed E-state index contributed by atoms with van der Waals surface area (Å²) in [4.78, 5) is 0. The van der Waals surface area contributed by atoms with Gasteiger partial charge in [0.1, 0.15) is 18.1 Å². The molecule has 0 aliphatic heterocycles. The molecule has 1 unspecified atom stereocenters. The van der Waals surface area contributed by atoms with Gasteiger partial charge in [0.2, 0.25) is 0 Å². The monoisotopic (exact) mass is 288 g/mol. The maximum Gasteiger partial charge on any atom is 0.181 e. The lowest BCUT2D eigenvalue weighted by Crippen LogP contribution is -2.02. The van der Waals surface area contributed by atoms with Crippen molar-refractivity contribution in [2.75, 3.05) is 13.7 Å². The molecule has 0 saturated heterocycles. The number of rotatable bonds is 7. The van der Waals surface area contributed by atoms with Crippen LogP contribution in [0.4, 0.5) is 0 Å². The molecule has 21 heavy (non-hydrogen) atoms. The normalized spacial score (nSPS) is 12.0. The van der Waals surface area contributed by atoms with E-state index < -0.39 is 6.29 Å². The molecule has 0 radical (unpaired) electrons. The molecule has 0 spiro atoms. The second-order valence-electron chi connectivity index (χ2n) is 4.51. The smallest absolute Gasteiger partial charge is 0.181 e. The third kappa shape index (κ3) is 4.48. The van der Waals surface area contributed by atoms with Crippen molar-refractivity contribution in [3.63, 3.8) is 0 Å². The number of benzene rings is 2. The number of ether oxygens (including phenoxy) is 3. The van der Waals surface area contributed by atoms with E-state index in [4.69, 9.17) is 14.2 Å². The lowest BCUT2D eigenvalue weighted by Gasteiger charge is -2.12. The van der Waals surface area contributed by atoms with Crippen molar-refractivity contribution < 1.29 is 19.3 Å². The maximum atomic E-state index is 9.69. The van der Waals surface area contributed by atoms with Crippen LogP contribution in [0.15, 0.2) is 48.5 Å². The summed E-state index contributed by atoms with van der Waals surface area (Å²) in [5.41, 5.74) is 1.78. The van der Waals surface area contributed by atoms with E-state index in [2.05, 4.69) is 0 Å². The van der Waals surface area contributed by atoms with Crippen LogP contribution in [0.5, 0.6) is 11.5 Å². The average molecular weight is 288 g/mol. The van der Waals surface area contributed by atoms with Gasteiger partial charge in [-0.1, -0.05) is 24.3 Å². The van der Waals surface area contributed by atoms with Crippen molar-refractivity contribution in [3.05, 3.63) is 59.7 Å². The van der Waals surface area contributed by atoms with Crippen LogP contribution in [-0.2, 0) is 11.3 Å². The molecule has 2 aromatic carbocycles. The molecular weight excluding hydrogens is 268 g/mol. The van der Waals surface area contributed by atoms with Gasteiger partial charge < -0.3 is 19.3 Å². The third-order valence-electron chi connectivity index (χ3n) is 3.05. The van der Waals surface area contributed by atoms with E-state index in [9.17, 15) is 5.11 Å². The molecule has 0 aliphatic carbocycles. The summed E-state index contributed by atoms with van der Waals surface area (Å²) in [6.45, 7) is 2.80. The highest BCUT2D eigenvalue weighted by atomic mass is 16.6. The van der Waals surface area contributed by atoms with Crippen LogP contribution in [0.3, 0.4) is 0 Å². The molecule has 0 aromatic heterocycles. The first kappa shape index (κ1) is 15.4. The van der Waals surface area contributed by atoms with E-state index in [-0.39, 0.29) is 0 Å². The molecule has 2 rings (SSSR count). The SMILES string of the molecule is CCOC(O)c1ccc(OCc2ccc(OC)cc2)cc1. The summed E-state index contributed by atoms with van der Waals surface area (Å²) < 4.78 is 15.9. The summed E-state index contributed by atoms with van der Waals surface area (Å²) in [5, 5.41) is 9.69. The Labute approximate surface area is 124 Å². The number of methoxy groups -OCH3 is 1. The zero-order valence-electron chi connectivity index (χ0n) is 12.3. The molecular formula is C17H20O4. The van der Waals surface area contributed by atoms with Gasteiger partial charge in [0, 0.05) is 12.2 Å². The van der Waals surface area contributed by atoms with Gasteiger partial charge in [-0.05, 0) is 36.8 Å². The molecule has 0 bridgehead atoms. The topological polar surface area (TPSA) is 47.9 Å². The van der Waals surface area contributed by atoms with Crippen LogP contribution in [0.25, 0.3) is 0 Å². The Hall–Kier alpha value is -2.04. The lowest BCUT2D eigenvalue weighted by molar-refractivity contribution is -0.0979. The molecule has 1 atom stereocenters. The van der Waals surface area contributed by atoms with Crippen molar-refractivity contribution in [2.24, 2.45) is 0 Å². The van der Waals surface area contributed by atoms with Gasteiger partial charge >= 0.3 is 0 Å². The summed E-state index contributed by atoms with van der Waals surface area (Å²) in [5.74, 6) is 1.58. The van der Waals surface area contributed by atoms with Crippen LogP contribution < -0.4 is 9.47 Å². The predicted molar refractivity (Wildman–Crippen MR) is 80.4 cm³/mol. The number of hydrogen-bond donors (Lipinski definition) is 1. The molecule has 4 heteroatoms. The van der Waals surface area contributed by atoms with Gasteiger partial charge in [-0.3, -0.25) is 0 Å². The fourth-order valence-corrected chi connectivity index (χ4v) is 1.87. The van der Waals surface area contributed by atoms with Gasteiger partial charge in [0.05, 0.1) is 7.11 Å². The standard InChI is InChI=1S/C17H20O4/c1-3-20-17(18)14-6-10-16(11-7-14)21-12-13-4-8-15(19-2)9-5-13/h4-11,17-18H,3,12H2,1-2H3. The molecule has 2 aromatic rings. The fourth-order valence-electron chi connectivity index (χ4n) is 1.87. The molecule has 0 aliphatic rings. The van der Waals surface area contributed by atoms with E-state index in [0.29, 0.717) is 18.8 Å². The van der Waals surface area contributed by atoms with Gasteiger partial charge in [-0.15, -0.1) is 0 Å². The first-order valence-electron chi connectivity index (χ1n) is 6.88. The summed E-state index contributed by atoms with van der Waals surface area (Å²) >= 11 is 0. The first-order valence-corrected chi connectivity index (χ1v) is 6.88. The summed E-state index contributed by atoms with van der Waals surface area (Å²) in [7, 11) is 1.64. The second kappa shape index (κ2) is 7.67. The summed E-state index contributed by atoms with van der Waals surface area (Å²) in [6, 6.07) is 15.0. The van der Waals surface area contributed by atoms with E-state index in [1.54, 1.807) is 19.2 Å². The van der Waals surface area contributed by atoms with Gasteiger partial charge in [0.15, 0.2) is 6.29 Å². The molecule has 112 valence electrons. The minimum Gasteiger partial charge on any atom is -0.497 e. The zero-order chi connectivity index (χ0) is 15.1. The largest absolute Gasteiger partial charge is 0.497 e. The average Bonchev–Trinajstić information content (AvgIpc) is 2.54. The van der Waals surface area contributed by atoms with Gasteiger partial charge in [0.25, 0.3) is 0 Å².